The summed E-state index contributed by atoms with van der Waals surface area (Å²) in [5, 5.41) is 10.8. The Hall–Kier alpha value is -4.75. The molecule has 0 aliphatic rings. The van der Waals surface area contributed by atoms with Crippen molar-refractivity contribution in [2.45, 2.75) is 6.61 Å². The van der Waals surface area contributed by atoms with Gasteiger partial charge in [0.05, 0.1) is 17.8 Å². The maximum absolute atomic E-state index is 12.8. The molecule has 0 fully saturated rings. The highest BCUT2D eigenvalue weighted by Gasteiger charge is 2.08. The molecule has 0 unspecified atom stereocenters. The van der Waals surface area contributed by atoms with Crippen molar-refractivity contribution in [3.8, 4) is 0 Å². The van der Waals surface area contributed by atoms with Gasteiger partial charge >= 0.3 is 0 Å². The lowest BCUT2D eigenvalue weighted by Gasteiger charge is -2.12. The van der Waals surface area contributed by atoms with Crippen LogP contribution in [0, 0.1) is 0 Å². The van der Waals surface area contributed by atoms with Gasteiger partial charge in [-0.15, -0.1) is 0 Å². The van der Waals surface area contributed by atoms with E-state index in [0.717, 1.165) is 44.9 Å². The molecule has 7 heteroatoms. The van der Waals surface area contributed by atoms with Crippen molar-refractivity contribution in [2.24, 2.45) is 7.05 Å². The normalized spacial score (nSPS) is 10.8. The molecule has 0 saturated heterocycles. The third-order valence-electron chi connectivity index (χ3n) is 5.95. The molecule has 0 aliphatic carbocycles. The molecular formula is C30H28N5O2+. The van der Waals surface area contributed by atoms with Gasteiger partial charge in [-0.3, -0.25) is 9.78 Å². The number of rotatable bonds is 8. The number of pyridine rings is 2. The van der Waals surface area contributed by atoms with E-state index in [1.807, 2.05) is 103 Å². The van der Waals surface area contributed by atoms with Crippen molar-refractivity contribution >= 4 is 45.2 Å². The summed E-state index contributed by atoms with van der Waals surface area (Å²) in [7, 11) is 3.66. The van der Waals surface area contributed by atoms with Gasteiger partial charge in [0.2, 0.25) is 0 Å². The molecule has 3 N–H and O–H groups in total. The van der Waals surface area contributed by atoms with Gasteiger partial charge < -0.3 is 20.7 Å². The summed E-state index contributed by atoms with van der Waals surface area (Å²) in [5.41, 5.74) is 7.05. The van der Waals surface area contributed by atoms with E-state index in [1.54, 1.807) is 13.3 Å². The van der Waals surface area contributed by atoms with E-state index >= 15 is 0 Å². The Morgan fingerprint density at radius 1 is 0.811 bits per heavy atom. The van der Waals surface area contributed by atoms with Crippen molar-refractivity contribution < 1.29 is 14.1 Å². The van der Waals surface area contributed by atoms with Crippen LogP contribution >= 0.6 is 0 Å². The highest BCUT2D eigenvalue weighted by molar-refractivity contribution is 6.04. The fourth-order valence-electron chi connectivity index (χ4n) is 4.01. The summed E-state index contributed by atoms with van der Waals surface area (Å²) >= 11 is 0. The first-order valence-corrected chi connectivity index (χ1v) is 11.9. The largest absolute Gasteiger partial charge is 0.380 e. The molecule has 37 heavy (non-hydrogen) atoms. The number of nitrogens with one attached hydrogen (secondary N) is 3. The van der Waals surface area contributed by atoms with Crippen molar-refractivity contribution in [1.29, 1.82) is 0 Å². The smallest absolute Gasteiger partial charge is 0.255 e. The molecule has 5 aromatic rings. The van der Waals surface area contributed by atoms with Crippen molar-refractivity contribution in [3.63, 3.8) is 0 Å². The number of nitrogens with zero attached hydrogens (tertiary/aromatic N) is 2. The van der Waals surface area contributed by atoms with E-state index < -0.39 is 0 Å². The fraction of sp³-hybridized carbons (Fsp3) is 0.100. The molecule has 1 amide bonds. The molecule has 2 heterocycles. The Morgan fingerprint density at radius 3 is 2.19 bits per heavy atom. The number of ether oxygens (including phenoxy) is 1. The number of aryl methyl sites for hydroxylation is 1. The van der Waals surface area contributed by atoms with E-state index in [-0.39, 0.29) is 5.91 Å². The molecule has 0 spiro atoms. The summed E-state index contributed by atoms with van der Waals surface area (Å²) in [6.07, 6.45) is 5.74. The van der Waals surface area contributed by atoms with Crippen LogP contribution in [-0.2, 0) is 18.4 Å². The summed E-state index contributed by atoms with van der Waals surface area (Å²) in [6, 6.07) is 27.1. The van der Waals surface area contributed by atoms with Crippen LogP contribution in [0.25, 0.3) is 10.9 Å². The zero-order chi connectivity index (χ0) is 25.6. The van der Waals surface area contributed by atoms with E-state index in [4.69, 9.17) is 4.74 Å². The molecule has 5 rings (SSSR count). The molecule has 0 bridgehead atoms. The fourth-order valence-corrected chi connectivity index (χ4v) is 4.01. The molecule has 0 radical (unpaired) electrons. The number of amides is 1. The second-order valence-corrected chi connectivity index (χ2v) is 8.75. The highest BCUT2D eigenvalue weighted by Crippen LogP contribution is 2.27. The lowest BCUT2D eigenvalue weighted by Crippen LogP contribution is -2.25. The van der Waals surface area contributed by atoms with Gasteiger partial charge in [0.25, 0.3) is 5.91 Å². The number of anilines is 5. The Morgan fingerprint density at radius 2 is 1.46 bits per heavy atom. The number of aromatic nitrogens is 2. The van der Waals surface area contributed by atoms with Crippen LogP contribution < -0.4 is 20.5 Å². The zero-order valence-electron chi connectivity index (χ0n) is 20.7. The molecular weight excluding hydrogens is 462 g/mol. The first-order valence-electron chi connectivity index (χ1n) is 11.9. The Balaban J connectivity index is 1.23. The Kier molecular flexibility index (Phi) is 7.05. The van der Waals surface area contributed by atoms with Crippen LogP contribution in [0.5, 0.6) is 0 Å². The van der Waals surface area contributed by atoms with Crippen molar-refractivity contribution in [2.75, 3.05) is 23.1 Å². The SMILES string of the molecule is COCc1ccc2nccc(Nc3ccc(C(=O)Nc4ccc(Nc5cc[n+](C)cc5)cc4)cc3)c2c1. The van der Waals surface area contributed by atoms with E-state index in [9.17, 15) is 4.79 Å². The van der Waals surface area contributed by atoms with Crippen LogP contribution in [0.3, 0.4) is 0 Å². The van der Waals surface area contributed by atoms with Gasteiger partial charge in [-0.25, -0.2) is 4.57 Å². The van der Waals surface area contributed by atoms with E-state index in [1.165, 1.54) is 0 Å². The van der Waals surface area contributed by atoms with Gasteiger partial charge in [-0.2, -0.15) is 0 Å². The maximum Gasteiger partial charge on any atom is 0.255 e. The Bertz CT molecular complexity index is 1520. The second kappa shape index (κ2) is 10.9. The maximum atomic E-state index is 12.8. The van der Waals surface area contributed by atoms with Crippen molar-refractivity contribution in [3.05, 3.63) is 115 Å². The van der Waals surface area contributed by atoms with Crippen LogP contribution in [0.4, 0.5) is 28.4 Å². The Labute approximate surface area is 215 Å². The summed E-state index contributed by atoms with van der Waals surface area (Å²) in [5.74, 6) is -0.165. The first-order chi connectivity index (χ1) is 18.1. The molecule has 0 aliphatic heterocycles. The average Bonchev–Trinajstić information content (AvgIpc) is 2.92. The molecule has 2 aromatic heterocycles. The molecule has 7 nitrogen and oxygen atoms in total. The van der Waals surface area contributed by atoms with Crippen LogP contribution in [0.1, 0.15) is 15.9 Å². The number of carbonyl (C=O) groups is 1. The zero-order valence-corrected chi connectivity index (χ0v) is 20.7. The molecule has 3 aromatic carbocycles. The standard InChI is InChI=1S/C30H27N5O2/c1-35-17-14-26(15-18-35)32-23-8-10-25(11-9-23)34-30(36)22-4-6-24(7-5-22)33-29-13-16-31-28-12-3-21(20-37-2)19-27(28)29/h3-19H,20H2,1-2H3,(H2,31,33,34,36)/p+1. The topological polar surface area (TPSA) is 79.2 Å². The predicted molar refractivity (Wildman–Crippen MR) is 147 cm³/mol. The molecule has 0 saturated carbocycles. The number of hydrogen-bond acceptors (Lipinski definition) is 5. The lowest BCUT2D eigenvalue weighted by atomic mass is 10.1. The van der Waals surface area contributed by atoms with Crippen LogP contribution in [0.15, 0.2) is 104 Å². The molecule has 184 valence electrons. The second-order valence-electron chi connectivity index (χ2n) is 8.75. The van der Waals surface area contributed by atoms with Gasteiger partial charge in [0, 0.05) is 59.1 Å². The van der Waals surface area contributed by atoms with Gasteiger partial charge in [0.15, 0.2) is 12.4 Å². The van der Waals surface area contributed by atoms with Gasteiger partial charge in [0.1, 0.15) is 7.05 Å². The third kappa shape index (κ3) is 5.91. The van der Waals surface area contributed by atoms with Gasteiger partial charge in [-0.05, 0) is 72.3 Å². The van der Waals surface area contributed by atoms with Crippen LogP contribution in [0.2, 0.25) is 0 Å². The van der Waals surface area contributed by atoms with Crippen LogP contribution in [-0.4, -0.2) is 18.0 Å². The van der Waals surface area contributed by atoms with E-state index in [0.29, 0.717) is 12.2 Å². The minimum Gasteiger partial charge on any atom is -0.380 e. The number of hydrogen-bond donors (Lipinski definition) is 3. The summed E-state index contributed by atoms with van der Waals surface area (Å²) in [6.45, 7) is 0.541. The third-order valence-corrected chi connectivity index (χ3v) is 5.95. The number of benzene rings is 3. The minimum absolute atomic E-state index is 0.165. The van der Waals surface area contributed by atoms with Gasteiger partial charge in [-0.1, -0.05) is 6.07 Å². The average molecular weight is 491 g/mol. The number of methoxy groups -OCH3 is 1. The highest BCUT2D eigenvalue weighted by atomic mass is 16.5. The predicted octanol–water partition coefficient (Wildman–Crippen LogP) is 5.95. The lowest BCUT2D eigenvalue weighted by molar-refractivity contribution is -0.671. The quantitative estimate of drug-likeness (QED) is 0.235. The number of fused-ring (bicyclic) bond motifs is 1. The monoisotopic (exact) mass is 490 g/mol. The molecule has 0 atom stereocenters. The van der Waals surface area contributed by atoms with E-state index in [2.05, 4.69) is 27.0 Å². The van der Waals surface area contributed by atoms with Crippen molar-refractivity contribution in [1.82, 2.24) is 4.98 Å². The summed E-state index contributed by atoms with van der Waals surface area (Å²) in [4.78, 5) is 17.2. The summed E-state index contributed by atoms with van der Waals surface area (Å²) < 4.78 is 7.24. The minimum atomic E-state index is -0.165. The number of carbonyl (C=O) groups excluding carboxylic acids is 1. The first kappa shape index (κ1) is 24.0.